The van der Waals surface area contributed by atoms with Gasteiger partial charge < -0.3 is 15.1 Å². The second-order valence-corrected chi connectivity index (χ2v) is 10.8. The molecule has 0 aromatic carbocycles. The molecule has 4 aliphatic rings. The molecule has 1 saturated carbocycles. The molecule has 2 aliphatic heterocycles. The average Bonchev–Trinajstić information content (AvgIpc) is 3.48. The number of hydrogen-bond acceptors (Lipinski definition) is 5. The van der Waals surface area contributed by atoms with E-state index in [0.29, 0.717) is 19.0 Å². The van der Waals surface area contributed by atoms with Gasteiger partial charge in [0.25, 0.3) is 0 Å². The van der Waals surface area contributed by atoms with Gasteiger partial charge in [-0.3, -0.25) is 9.59 Å². The van der Waals surface area contributed by atoms with Crippen molar-refractivity contribution in [1.29, 1.82) is 0 Å². The van der Waals surface area contributed by atoms with Gasteiger partial charge in [0.15, 0.2) is 0 Å². The van der Waals surface area contributed by atoms with Crippen molar-refractivity contribution in [2.75, 3.05) is 24.5 Å². The Morgan fingerprint density at radius 1 is 1.16 bits per heavy atom. The van der Waals surface area contributed by atoms with Gasteiger partial charge in [0.05, 0.1) is 17.7 Å². The molecule has 2 amide bonds. The molecule has 1 aromatic heterocycles. The lowest BCUT2D eigenvalue weighted by molar-refractivity contribution is -0.130. The van der Waals surface area contributed by atoms with Gasteiger partial charge >= 0.3 is 0 Å². The Balaban J connectivity index is 1.31. The van der Waals surface area contributed by atoms with Crippen LogP contribution in [-0.2, 0) is 16.0 Å². The molecule has 1 aromatic rings. The lowest BCUT2D eigenvalue weighted by Crippen LogP contribution is -2.41. The number of amides is 2. The van der Waals surface area contributed by atoms with E-state index < -0.39 is 0 Å². The third-order valence-electron chi connectivity index (χ3n) is 7.67. The van der Waals surface area contributed by atoms with Crippen LogP contribution in [0.3, 0.4) is 0 Å². The van der Waals surface area contributed by atoms with E-state index in [2.05, 4.69) is 29.0 Å². The molecule has 0 radical (unpaired) electrons. The van der Waals surface area contributed by atoms with Gasteiger partial charge in [-0.05, 0) is 43.9 Å². The highest BCUT2D eigenvalue weighted by Gasteiger charge is 2.41. The Bertz CT molecular complexity index is 858. The van der Waals surface area contributed by atoms with Crippen LogP contribution in [0.5, 0.6) is 0 Å². The van der Waals surface area contributed by atoms with Crippen molar-refractivity contribution >= 4 is 17.8 Å². The van der Waals surface area contributed by atoms with Crippen molar-refractivity contribution in [3.05, 3.63) is 17.5 Å². The number of likely N-dealkylation sites (tertiary alicyclic amines) is 1. The minimum Gasteiger partial charge on any atom is -0.349 e. The number of carbonyl (C=O) groups is 2. The summed E-state index contributed by atoms with van der Waals surface area (Å²) in [5.74, 6) is 0.736. The highest BCUT2D eigenvalue weighted by Crippen LogP contribution is 2.41. The largest absolute Gasteiger partial charge is 0.349 e. The first-order chi connectivity index (χ1) is 14.9. The summed E-state index contributed by atoms with van der Waals surface area (Å²) in [5, 5.41) is 3.28. The minimum atomic E-state index is -0.244. The molecule has 7 nitrogen and oxygen atoms in total. The SMILES string of the molecule is CC1(C)Cc2nc(N3CCCC3)ncc2[C@@H](NC(=O)[C@@H]2CC(=O)N(C3CCCC3)C2)C1. The highest BCUT2D eigenvalue weighted by atomic mass is 16.2. The molecule has 5 rings (SSSR count). The lowest BCUT2D eigenvalue weighted by atomic mass is 9.74. The third kappa shape index (κ3) is 4.15. The zero-order valence-electron chi connectivity index (χ0n) is 18.9. The molecule has 168 valence electrons. The zero-order chi connectivity index (χ0) is 21.6. The first-order valence-corrected chi connectivity index (χ1v) is 12.1. The number of anilines is 1. The number of rotatable bonds is 4. The van der Waals surface area contributed by atoms with Crippen LogP contribution in [0.25, 0.3) is 0 Å². The van der Waals surface area contributed by atoms with E-state index in [1.165, 1.54) is 25.7 Å². The fourth-order valence-corrected chi connectivity index (χ4v) is 6.00. The van der Waals surface area contributed by atoms with Crippen LogP contribution in [0, 0.1) is 11.3 Å². The second-order valence-electron chi connectivity index (χ2n) is 10.8. The van der Waals surface area contributed by atoms with Crippen LogP contribution in [0.15, 0.2) is 6.20 Å². The summed E-state index contributed by atoms with van der Waals surface area (Å²) in [4.78, 5) is 39.5. The smallest absolute Gasteiger partial charge is 0.225 e. The molecule has 2 atom stereocenters. The molecule has 3 fully saturated rings. The summed E-state index contributed by atoms with van der Waals surface area (Å²) >= 11 is 0. The maximum absolute atomic E-state index is 13.2. The molecule has 31 heavy (non-hydrogen) atoms. The van der Waals surface area contributed by atoms with Crippen LogP contribution in [0.2, 0.25) is 0 Å². The highest BCUT2D eigenvalue weighted by molar-refractivity contribution is 5.89. The predicted octanol–water partition coefficient (Wildman–Crippen LogP) is 3.00. The van der Waals surface area contributed by atoms with Crippen molar-refractivity contribution in [2.45, 2.75) is 83.7 Å². The molecule has 0 spiro atoms. The van der Waals surface area contributed by atoms with Crippen LogP contribution in [-0.4, -0.2) is 52.4 Å². The number of aromatic nitrogens is 2. The monoisotopic (exact) mass is 425 g/mol. The maximum atomic E-state index is 13.2. The van der Waals surface area contributed by atoms with Crippen LogP contribution < -0.4 is 10.2 Å². The van der Waals surface area contributed by atoms with Crippen molar-refractivity contribution in [1.82, 2.24) is 20.2 Å². The van der Waals surface area contributed by atoms with Crippen LogP contribution in [0.4, 0.5) is 5.95 Å². The van der Waals surface area contributed by atoms with E-state index in [1.54, 1.807) is 0 Å². The lowest BCUT2D eigenvalue weighted by Gasteiger charge is -2.37. The molecular formula is C24H35N5O2. The fourth-order valence-electron chi connectivity index (χ4n) is 6.00. The van der Waals surface area contributed by atoms with Gasteiger partial charge in [0, 0.05) is 43.9 Å². The van der Waals surface area contributed by atoms with E-state index >= 15 is 0 Å². The molecule has 7 heteroatoms. The summed E-state index contributed by atoms with van der Waals surface area (Å²) in [6.07, 6.45) is 11.0. The molecular weight excluding hydrogens is 390 g/mol. The van der Waals surface area contributed by atoms with Crippen molar-refractivity contribution < 1.29 is 9.59 Å². The summed E-state index contributed by atoms with van der Waals surface area (Å²) < 4.78 is 0. The predicted molar refractivity (Wildman–Crippen MR) is 119 cm³/mol. The van der Waals surface area contributed by atoms with E-state index in [1.807, 2.05) is 11.1 Å². The Morgan fingerprint density at radius 2 is 1.90 bits per heavy atom. The van der Waals surface area contributed by atoms with Crippen molar-refractivity contribution in [3.63, 3.8) is 0 Å². The fraction of sp³-hybridized carbons (Fsp3) is 0.750. The van der Waals surface area contributed by atoms with Gasteiger partial charge in [0.2, 0.25) is 17.8 Å². The van der Waals surface area contributed by atoms with E-state index in [0.717, 1.165) is 56.0 Å². The number of hydrogen-bond donors (Lipinski definition) is 1. The Labute approximate surface area is 185 Å². The van der Waals surface area contributed by atoms with Gasteiger partial charge in [-0.15, -0.1) is 0 Å². The Hall–Kier alpha value is -2.18. The maximum Gasteiger partial charge on any atom is 0.225 e. The number of fused-ring (bicyclic) bond motifs is 1. The summed E-state index contributed by atoms with van der Waals surface area (Å²) in [7, 11) is 0. The summed E-state index contributed by atoms with van der Waals surface area (Å²) in [5.41, 5.74) is 2.17. The normalized spacial score (nSPS) is 28.3. The van der Waals surface area contributed by atoms with Gasteiger partial charge in [0.1, 0.15) is 0 Å². The Kier molecular flexibility index (Phi) is 5.39. The molecule has 1 N–H and O–H groups in total. The van der Waals surface area contributed by atoms with E-state index in [-0.39, 0.29) is 29.2 Å². The Morgan fingerprint density at radius 3 is 2.65 bits per heavy atom. The molecule has 0 unspecified atom stereocenters. The van der Waals surface area contributed by atoms with Crippen molar-refractivity contribution in [3.8, 4) is 0 Å². The van der Waals surface area contributed by atoms with Crippen LogP contribution in [0.1, 0.15) is 82.5 Å². The topological polar surface area (TPSA) is 78.4 Å². The van der Waals surface area contributed by atoms with E-state index in [4.69, 9.17) is 4.98 Å². The first-order valence-electron chi connectivity index (χ1n) is 12.1. The summed E-state index contributed by atoms with van der Waals surface area (Å²) in [6, 6.07) is 0.256. The third-order valence-corrected chi connectivity index (χ3v) is 7.67. The second kappa shape index (κ2) is 8.06. The van der Waals surface area contributed by atoms with Gasteiger partial charge in [-0.25, -0.2) is 9.97 Å². The molecule has 2 saturated heterocycles. The summed E-state index contributed by atoms with van der Waals surface area (Å²) in [6.45, 7) is 7.11. The molecule has 2 aliphatic carbocycles. The standard InChI is InChI=1S/C24H35N5O2/c1-24(2)12-19(18-14-25-23(27-20(18)13-24)28-9-5-6-10-28)26-22(31)16-11-21(30)29(15-16)17-7-3-4-8-17/h14,16-17,19H,3-13,15H2,1-2H3,(H,26,31)/t16-,19+/m1/s1. The number of carbonyl (C=O) groups excluding carboxylic acids is 2. The minimum absolute atomic E-state index is 0.00566. The van der Waals surface area contributed by atoms with E-state index in [9.17, 15) is 9.59 Å². The first kappa shape index (κ1) is 20.7. The van der Waals surface area contributed by atoms with Crippen LogP contribution >= 0.6 is 0 Å². The number of nitrogens with one attached hydrogen (secondary N) is 1. The van der Waals surface area contributed by atoms with Gasteiger partial charge in [-0.2, -0.15) is 0 Å². The average molecular weight is 426 g/mol. The molecule has 0 bridgehead atoms. The quantitative estimate of drug-likeness (QED) is 0.802. The van der Waals surface area contributed by atoms with Gasteiger partial charge in [-0.1, -0.05) is 26.7 Å². The van der Waals surface area contributed by atoms with Crippen molar-refractivity contribution in [2.24, 2.45) is 11.3 Å². The zero-order valence-corrected chi connectivity index (χ0v) is 18.9. The number of nitrogens with zero attached hydrogens (tertiary/aromatic N) is 4. The molecule has 3 heterocycles.